The van der Waals surface area contributed by atoms with Gasteiger partial charge in [-0.1, -0.05) is 39.0 Å². The Morgan fingerprint density at radius 2 is 1.82 bits per heavy atom. The van der Waals surface area contributed by atoms with Gasteiger partial charge in [0.05, 0.1) is 31.4 Å². The molecular weight excluding hydrogens is 437 g/mol. The molecule has 0 spiro atoms. The van der Waals surface area contributed by atoms with Crippen LogP contribution in [0, 0.1) is 5.82 Å². The van der Waals surface area contributed by atoms with Crippen molar-refractivity contribution >= 4 is 17.4 Å². The van der Waals surface area contributed by atoms with E-state index in [-0.39, 0.29) is 41.6 Å². The van der Waals surface area contributed by atoms with E-state index in [0.29, 0.717) is 11.3 Å². The highest BCUT2D eigenvalue weighted by Gasteiger charge is 2.46. The van der Waals surface area contributed by atoms with Crippen LogP contribution in [0.3, 0.4) is 0 Å². The van der Waals surface area contributed by atoms with Gasteiger partial charge >= 0.3 is 0 Å². The molecule has 1 saturated heterocycles. The van der Waals surface area contributed by atoms with E-state index in [4.69, 9.17) is 9.47 Å². The van der Waals surface area contributed by atoms with Gasteiger partial charge < -0.3 is 19.5 Å². The highest BCUT2D eigenvalue weighted by Crippen LogP contribution is 2.41. The summed E-state index contributed by atoms with van der Waals surface area (Å²) in [6.07, 6.45) is -0.0705. The number of carbonyl (C=O) groups excluding carboxylic acids is 2. The summed E-state index contributed by atoms with van der Waals surface area (Å²) in [5, 5.41) is 11.3. The van der Waals surface area contributed by atoms with E-state index in [1.54, 1.807) is 31.4 Å². The van der Waals surface area contributed by atoms with Crippen LogP contribution < -0.4 is 4.74 Å². The van der Waals surface area contributed by atoms with Gasteiger partial charge in [-0.15, -0.1) is 0 Å². The maximum absolute atomic E-state index is 14.9. The number of carbonyl (C=O) groups is 2. The molecule has 2 aromatic carbocycles. The number of halogens is 1. The van der Waals surface area contributed by atoms with E-state index in [0.717, 1.165) is 5.56 Å². The molecular formula is C27H32FNO5. The minimum absolute atomic E-state index is 0.0705. The highest BCUT2D eigenvalue weighted by atomic mass is 19.1. The molecule has 1 amide bonds. The van der Waals surface area contributed by atoms with Gasteiger partial charge in [0.2, 0.25) is 0 Å². The molecule has 0 bridgehead atoms. The molecule has 0 radical (unpaired) electrons. The molecule has 7 heteroatoms. The zero-order chi connectivity index (χ0) is 25.2. The SMILES string of the molecule is COc1ccc(/C(O)=C2\C(=O)C(=O)N(CCOC(C)C)C2c2ccccc2F)cc1C(C)(C)C. The largest absolute Gasteiger partial charge is 0.507 e. The zero-order valence-electron chi connectivity index (χ0n) is 20.5. The second-order valence-electron chi connectivity index (χ2n) is 9.60. The van der Waals surface area contributed by atoms with Gasteiger partial charge in [0.15, 0.2) is 0 Å². The summed E-state index contributed by atoms with van der Waals surface area (Å²) >= 11 is 0. The van der Waals surface area contributed by atoms with E-state index in [9.17, 15) is 19.1 Å². The third kappa shape index (κ3) is 4.99. The Kier molecular flexibility index (Phi) is 7.46. The van der Waals surface area contributed by atoms with Crippen molar-refractivity contribution in [3.05, 3.63) is 70.5 Å². The molecule has 34 heavy (non-hydrogen) atoms. The molecule has 1 aliphatic heterocycles. The molecule has 2 aromatic rings. The number of hydrogen-bond acceptors (Lipinski definition) is 5. The van der Waals surface area contributed by atoms with E-state index in [1.807, 2.05) is 34.6 Å². The van der Waals surface area contributed by atoms with Crippen LogP contribution in [0.25, 0.3) is 5.76 Å². The number of ketones is 1. The van der Waals surface area contributed by atoms with Crippen LogP contribution in [0.2, 0.25) is 0 Å². The number of rotatable bonds is 7. The lowest BCUT2D eigenvalue weighted by Gasteiger charge is -2.26. The maximum atomic E-state index is 14.9. The number of Topliss-reactive ketones (excluding diaryl/α,β-unsaturated/α-hetero) is 1. The fourth-order valence-corrected chi connectivity index (χ4v) is 4.11. The predicted molar refractivity (Wildman–Crippen MR) is 128 cm³/mol. The summed E-state index contributed by atoms with van der Waals surface area (Å²) in [4.78, 5) is 27.4. The number of aliphatic hydroxyl groups excluding tert-OH is 1. The van der Waals surface area contributed by atoms with Crippen molar-refractivity contribution in [1.29, 1.82) is 0 Å². The summed E-state index contributed by atoms with van der Waals surface area (Å²) in [6, 6.07) is 9.95. The van der Waals surface area contributed by atoms with Crippen LogP contribution >= 0.6 is 0 Å². The van der Waals surface area contributed by atoms with Crippen LogP contribution in [0.5, 0.6) is 5.75 Å². The quantitative estimate of drug-likeness (QED) is 0.352. The van der Waals surface area contributed by atoms with E-state index < -0.39 is 23.5 Å². The number of hydrogen-bond donors (Lipinski definition) is 1. The Morgan fingerprint density at radius 3 is 2.41 bits per heavy atom. The lowest BCUT2D eigenvalue weighted by atomic mass is 9.84. The highest BCUT2D eigenvalue weighted by molar-refractivity contribution is 6.46. The topological polar surface area (TPSA) is 76.1 Å². The molecule has 0 saturated carbocycles. The van der Waals surface area contributed by atoms with Crippen molar-refractivity contribution in [3.63, 3.8) is 0 Å². The number of benzene rings is 2. The number of nitrogens with zero attached hydrogens (tertiary/aromatic N) is 1. The van der Waals surface area contributed by atoms with Gasteiger partial charge in [-0.05, 0) is 43.5 Å². The average molecular weight is 470 g/mol. The number of ether oxygens (including phenoxy) is 2. The first-order valence-electron chi connectivity index (χ1n) is 11.3. The third-order valence-corrected chi connectivity index (χ3v) is 5.80. The Balaban J connectivity index is 2.18. The molecule has 1 atom stereocenters. The van der Waals surface area contributed by atoms with Gasteiger partial charge in [0, 0.05) is 23.2 Å². The lowest BCUT2D eigenvalue weighted by Crippen LogP contribution is -2.33. The normalized spacial score (nSPS) is 18.1. The summed E-state index contributed by atoms with van der Waals surface area (Å²) in [7, 11) is 1.56. The molecule has 6 nitrogen and oxygen atoms in total. The molecule has 1 aliphatic rings. The van der Waals surface area contributed by atoms with Crippen molar-refractivity contribution in [2.75, 3.05) is 20.3 Å². The molecule has 1 unspecified atom stereocenters. The summed E-state index contributed by atoms with van der Waals surface area (Å²) in [5.74, 6) is -1.94. The van der Waals surface area contributed by atoms with Gasteiger partial charge in [0.25, 0.3) is 11.7 Å². The predicted octanol–water partition coefficient (Wildman–Crippen LogP) is 4.98. The first-order valence-corrected chi connectivity index (χ1v) is 11.3. The number of aliphatic hydroxyl groups is 1. The van der Waals surface area contributed by atoms with Crippen LogP contribution in [-0.2, 0) is 19.7 Å². The Labute approximate surface area is 200 Å². The van der Waals surface area contributed by atoms with Crippen molar-refractivity contribution in [3.8, 4) is 5.75 Å². The fraction of sp³-hybridized carbons (Fsp3) is 0.407. The van der Waals surface area contributed by atoms with Gasteiger partial charge in [-0.3, -0.25) is 9.59 Å². The first-order chi connectivity index (χ1) is 16.0. The second kappa shape index (κ2) is 9.97. The molecule has 1 heterocycles. The van der Waals surface area contributed by atoms with Gasteiger partial charge in [-0.25, -0.2) is 4.39 Å². The average Bonchev–Trinajstić information content (AvgIpc) is 3.02. The Morgan fingerprint density at radius 1 is 1.15 bits per heavy atom. The van der Waals surface area contributed by atoms with Crippen molar-refractivity contribution < 1.29 is 28.6 Å². The smallest absolute Gasteiger partial charge is 0.295 e. The zero-order valence-corrected chi connectivity index (χ0v) is 20.5. The molecule has 3 rings (SSSR count). The van der Waals surface area contributed by atoms with Crippen LogP contribution in [0.15, 0.2) is 48.0 Å². The van der Waals surface area contributed by atoms with E-state index >= 15 is 0 Å². The van der Waals surface area contributed by atoms with E-state index in [2.05, 4.69) is 0 Å². The van der Waals surface area contributed by atoms with Crippen molar-refractivity contribution in [2.24, 2.45) is 0 Å². The summed E-state index contributed by atoms with van der Waals surface area (Å²) < 4.78 is 25.9. The maximum Gasteiger partial charge on any atom is 0.295 e. The fourth-order valence-electron chi connectivity index (χ4n) is 4.11. The lowest BCUT2D eigenvalue weighted by molar-refractivity contribution is -0.140. The molecule has 182 valence electrons. The van der Waals surface area contributed by atoms with Gasteiger partial charge in [-0.2, -0.15) is 0 Å². The third-order valence-electron chi connectivity index (χ3n) is 5.80. The monoisotopic (exact) mass is 469 g/mol. The van der Waals surface area contributed by atoms with Crippen LogP contribution in [0.1, 0.15) is 57.4 Å². The molecule has 1 N–H and O–H groups in total. The summed E-state index contributed by atoms with van der Waals surface area (Å²) in [5.41, 5.74) is 0.846. The first kappa shape index (κ1) is 25.4. The van der Waals surface area contributed by atoms with Crippen LogP contribution in [0.4, 0.5) is 4.39 Å². The van der Waals surface area contributed by atoms with Gasteiger partial charge in [0.1, 0.15) is 17.3 Å². The summed E-state index contributed by atoms with van der Waals surface area (Å²) in [6.45, 7) is 9.98. The standard InChI is InChI=1S/C27H32FNO5/c1-16(2)34-14-13-29-23(18-9-7-8-10-20(18)28)22(25(31)26(29)32)24(30)17-11-12-21(33-6)19(15-17)27(3,4)5/h7-12,15-16,23,30H,13-14H2,1-6H3/b24-22+. The number of amides is 1. The van der Waals surface area contributed by atoms with Crippen LogP contribution in [-0.4, -0.2) is 48.1 Å². The Bertz CT molecular complexity index is 1120. The number of methoxy groups -OCH3 is 1. The Hall–Kier alpha value is -3.19. The molecule has 1 fully saturated rings. The molecule has 0 aromatic heterocycles. The minimum Gasteiger partial charge on any atom is -0.507 e. The van der Waals surface area contributed by atoms with Crippen molar-refractivity contribution in [2.45, 2.75) is 52.2 Å². The van der Waals surface area contributed by atoms with Crippen molar-refractivity contribution in [1.82, 2.24) is 4.90 Å². The molecule has 0 aliphatic carbocycles. The second-order valence-corrected chi connectivity index (χ2v) is 9.60. The number of likely N-dealkylation sites (tertiary alicyclic amines) is 1. The minimum atomic E-state index is -1.07. The van der Waals surface area contributed by atoms with E-state index in [1.165, 1.54) is 23.1 Å².